The number of ether oxygens (including phenoxy) is 2. The maximum atomic E-state index is 13.1. The Morgan fingerprint density at radius 3 is 2.50 bits per heavy atom. The van der Waals surface area contributed by atoms with Crippen molar-refractivity contribution in [3.63, 3.8) is 0 Å². The van der Waals surface area contributed by atoms with Gasteiger partial charge in [-0.05, 0) is 31.4 Å². The molecule has 0 aliphatic carbocycles. The molecule has 0 radical (unpaired) electrons. The first kappa shape index (κ1) is 18.6. The van der Waals surface area contributed by atoms with Crippen LogP contribution in [0.3, 0.4) is 0 Å². The van der Waals surface area contributed by atoms with Gasteiger partial charge >= 0.3 is 0 Å². The molecule has 0 atom stereocenters. The Balaban J connectivity index is 2.02. The van der Waals surface area contributed by atoms with Gasteiger partial charge in [-0.25, -0.2) is 0 Å². The van der Waals surface area contributed by atoms with Crippen LogP contribution in [0, 0.1) is 13.8 Å². The SMILES string of the molecule is COCCCN1C(=O)C(c2ccc(C)cc2C)=C(N2CCOCC2)C1=O. The molecule has 6 nitrogen and oxygen atoms in total. The molecule has 26 heavy (non-hydrogen) atoms. The summed E-state index contributed by atoms with van der Waals surface area (Å²) in [7, 11) is 1.62. The molecule has 0 N–H and O–H groups in total. The first-order chi connectivity index (χ1) is 12.5. The van der Waals surface area contributed by atoms with Crippen LogP contribution in [-0.2, 0) is 19.1 Å². The van der Waals surface area contributed by atoms with Gasteiger partial charge in [0.25, 0.3) is 11.8 Å². The van der Waals surface area contributed by atoms with Crippen molar-refractivity contribution in [1.29, 1.82) is 0 Å². The van der Waals surface area contributed by atoms with Crippen molar-refractivity contribution in [1.82, 2.24) is 9.80 Å². The Bertz CT molecular complexity index is 735. The third-order valence-electron chi connectivity index (χ3n) is 4.85. The summed E-state index contributed by atoms with van der Waals surface area (Å²) >= 11 is 0. The molecule has 140 valence electrons. The van der Waals surface area contributed by atoms with E-state index in [1.807, 2.05) is 36.9 Å². The molecule has 0 bridgehead atoms. The van der Waals surface area contributed by atoms with E-state index >= 15 is 0 Å². The number of aryl methyl sites for hydroxylation is 2. The first-order valence-electron chi connectivity index (χ1n) is 9.04. The van der Waals surface area contributed by atoms with Crippen LogP contribution in [0.5, 0.6) is 0 Å². The summed E-state index contributed by atoms with van der Waals surface area (Å²) in [4.78, 5) is 29.6. The normalized spacial score (nSPS) is 18.3. The predicted octanol–water partition coefficient (Wildman–Crippen LogP) is 1.75. The van der Waals surface area contributed by atoms with E-state index < -0.39 is 0 Å². The number of amides is 2. The monoisotopic (exact) mass is 358 g/mol. The molecule has 0 saturated carbocycles. The van der Waals surface area contributed by atoms with Crippen LogP contribution in [0.4, 0.5) is 0 Å². The smallest absolute Gasteiger partial charge is 0.277 e. The Kier molecular flexibility index (Phi) is 5.74. The van der Waals surface area contributed by atoms with Crippen molar-refractivity contribution in [3.8, 4) is 0 Å². The number of hydrogen-bond acceptors (Lipinski definition) is 5. The Hall–Kier alpha value is -2.18. The number of hydrogen-bond donors (Lipinski definition) is 0. The summed E-state index contributed by atoms with van der Waals surface area (Å²) in [6, 6.07) is 5.98. The quantitative estimate of drug-likeness (QED) is 0.573. The van der Waals surface area contributed by atoms with E-state index in [9.17, 15) is 9.59 Å². The maximum absolute atomic E-state index is 13.1. The number of nitrogens with zero attached hydrogens (tertiary/aromatic N) is 2. The molecule has 2 aliphatic heterocycles. The lowest BCUT2D eigenvalue weighted by Gasteiger charge is -2.29. The number of benzene rings is 1. The molecule has 0 unspecified atom stereocenters. The molecule has 1 saturated heterocycles. The Labute approximate surface area is 154 Å². The number of rotatable bonds is 6. The fourth-order valence-corrected chi connectivity index (χ4v) is 3.55. The van der Waals surface area contributed by atoms with Crippen LogP contribution in [-0.4, -0.2) is 68.2 Å². The van der Waals surface area contributed by atoms with E-state index in [2.05, 4.69) is 0 Å². The summed E-state index contributed by atoms with van der Waals surface area (Å²) < 4.78 is 10.5. The molecule has 0 spiro atoms. The Morgan fingerprint density at radius 2 is 1.85 bits per heavy atom. The van der Waals surface area contributed by atoms with Crippen LogP contribution >= 0.6 is 0 Å². The van der Waals surface area contributed by atoms with Gasteiger partial charge in [0.2, 0.25) is 0 Å². The second-order valence-electron chi connectivity index (χ2n) is 6.75. The molecule has 2 heterocycles. The zero-order chi connectivity index (χ0) is 18.7. The van der Waals surface area contributed by atoms with Gasteiger partial charge in [-0.15, -0.1) is 0 Å². The number of morpholine rings is 1. The van der Waals surface area contributed by atoms with Crippen molar-refractivity contribution < 1.29 is 19.1 Å². The van der Waals surface area contributed by atoms with Gasteiger partial charge in [-0.2, -0.15) is 0 Å². The highest BCUT2D eigenvalue weighted by atomic mass is 16.5. The summed E-state index contributed by atoms with van der Waals surface area (Å²) in [5.41, 5.74) is 4.01. The molecular formula is C20H26N2O4. The van der Waals surface area contributed by atoms with Gasteiger partial charge in [-0.3, -0.25) is 14.5 Å². The van der Waals surface area contributed by atoms with Crippen LogP contribution < -0.4 is 0 Å². The third-order valence-corrected chi connectivity index (χ3v) is 4.85. The average molecular weight is 358 g/mol. The van der Waals surface area contributed by atoms with Gasteiger partial charge in [0.05, 0.1) is 18.8 Å². The van der Waals surface area contributed by atoms with E-state index in [1.165, 1.54) is 4.90 Å². The van der Waals surface area contributed by atoms with E-state index in [1.54, 1.807) is 7.11 Å². The van der Waals surface area contributed by atoms with Gasteiger partial charge < -0.3 is 14.4 Å². The molecule has 1 aromatic carbocycles. The zero-order valence-electron chi connectivity index (χ0n) is 15.7. The van der Waals surface area contributed by atoms with Gasteiger partial charge in [0.15, 0.2) is 0 Å². The van der Waals surface area contributed by atoms with Crippen molar-refractivity contribution in [2.24, 2.45) is 0 Å². The van der Waals surface area contributed by atoms with E-state index in [-0.39, 0.29) is 11.8 Å². The predicted molar refractivity (Wildman–Crippen MR) is 98.4 cm³/mol. The fraction of sp³-hybridized carbons (Fsp3) is 0.500. The molecule has 1 aromatic rings. The van der Waals surface area contributed by atoms with Crippen molar-refractivity contribution >= 4 is 17.4 Å². The number of imide groups is 1. The fourth-order valence-electron chi connectivity index (χ4n) is 3.55. The highest BCUT2D eigenvalue weighted by Gasteiger charge is 2.41. The summed E-state index contributed by atoms with van der Waals surface area (Å²) in [5.74, 6) is -0.414. The minimum Gasteiger partial charge on any atom is -0.385 e. The maximum Gasteiger partial charge on any atom is 0.277 e. The van der Waals surface area contributed by atoms with Crippen molar-refractivity contribution in [2.75, 3.05) is 46.6 Å². The highest BCUT2D eigenvalue weighted by molar-refractivity contribution is 6.35. The van der Waals surface area contributed by atoms with Crippen molar-refractivity contribution in [3.05, 3.63) is 40.6 Å². The second kappa shape index (κ2) is 8.01. The first-order valence-corrected chi connectivity index (χ1v) is 9.04. The lowest BCUT2D eigenvalue weighted by Crippen LogP contribution is -2.40. The van der Waals surface area contributed by atoms with Gasteiger partial charge in [0, 0.05) is 33.4 Å². The van der Waals surface area contributed by atoms with Crippen LogP contribution in [0.15, 0.2) is 23.9 Å². The van der Waals surface area contributed by atoms with E-state index in [4.69, 9.17) is 9.47 Å². The molecular weight excluding hydrogens is 332 g/mol. The largest absolute Gasteiger partial charge is 0.385 e. The Morgan fingerprint density at radius 1 is 1.12 bits per heavy atom. The minimum absolute atomic E-state index is 0.206. The summed E-state index contributed by atoms with van der Waals surface area (Å²) in [6.07, 6.45) is 0.629. The number of carbonyl (C=O) groups is 2. The highest BCUT2D eigenvalue weighted by Crippen LogP contribution is 2.34. The molecule has 0 aromatic heterocycles. The zero-order valence-corrected chi connectivity index (χ0v) is 15.7. The number of carbonyl (C=O) groups excluding carboxylic acids is 2. The average Bonchev–Trinajstić information content (AvgIpc) is 2.87. The second-order valence-corrected chi connectivity index (χ2v) is 6.75. The van der Waals surface area contributed by atoms with E-state index in [0.717, 1.165) is 16.7 Å². The molecule has 6 heteroatoms. The van der Waals surface area contributed by atoms with Crippen LogP contribution in [0.1, 0.15) is 23.1 Å². The number of methoxy groups -OCH3 is 1. The van der Waals surface area contributed by atoms with E-state index in [0.29, 0.717) is 57.1 Å². The van der Waals surface area contributed by atoms with Crippen LogP contribution in [0.2, 0.25) is 0 Å². The molecule has 1 fully saturated rings. The molecule has 2 aliphatic rings. The van der Waals surface area contributed by atoms with Gasteiger partial charge in [0.1, 0.15) is 5.70 Å². The van der Waals surface area contributed by atoms with Crippen LogP contribution in [0.25, 0.3) is 5.57 Å². The standard InChI is InChI=1S/C20H26N2O4/c1-14-5-6-16(15(2)13-14)17-18(21-8-11-26-12-9-21)20(24)22(19(17)23)7-4-10-25-3/h5-6,13H,4,7-12H2,1-3H3. The third kappa shape index (κ3) is 3.52. The topological polar surface area (TPSA) is 59.1 Å². The van der Waals surface area contributed by atoms with Crippen molar-refractivity contribution in [2.45, 2.75) is 20.3 Å². The summed E-state index contributed by atoms with van der Waals surface area (Å²) in [5, 5.41) is 0. The summed E-state index contributed by atoms with van der Waals surface area (Å²) in [6.45, 7) is 7.26. The molecule has 2 amide bonds. The van der Waals surface area contributed by atoms with Gasteiger partial charge in [-0.1, -0.05) is 23.8 Å². The minimum atomic E-state index is -0.209. The lowest BCUT2D eigenvalue weighted by molar-refractivity contribution is -0.138. The molecule has 3 rings (SSSR count). The lowest BCUT2D eigenvalue weighted by atomic mass is 9.97.